The predicted molar refractivity (Wildman–Crippen MR) is 72.5 cm³/mol. The molecule has 1 atom stereocenters. The Kier molecular flexibility index (Phi) is 4.43. The summed E-state index contributed by atoms with van der Waals surface area (Å²) in [5, 5.41) is 20.2. The lowest BCUT2D eigenvalue weighted by Gasteiger charge is -2.14. The number of carboxylic acid groups (broad SMARTS) is 1. The van der Waals surface area contributed by atoms with Crippen LogP contribution in [0.15, 0.2) is 22.7 Å². The molecule has 1 N–H and O–H groups in total. The van der Waals surface area contributed by atoms with Crippen molar-refractivity contribution in [2.75, 3.05) is 0 Å². The highest BCUT2D eigenvalue weighted by Gasteiger charge is 2.20. The van der Waals surface area contributed by atoms with Crippen molar-refractivity contribution in [3.05, 3.63) is 28.5 Å². The van der Waals surface area contributed by atoms with Crippen LogP contribution in [0.4, 0.5) is 4.39 Å². The van der Waals surface area contributed by atoms with Crippen LogP contribution in [0.5, 0.6) is 0 Å². The molecular formula is C12H12BrFN4O2. The van der Waals surface area contributed by atoms with Crippen LogP contribution >= 0.6 is 15.9 Å². The first-order chi connectivity index (χ1) is 9.52. The lowest BCUT2D eigenvalue weighted by Crippen LogP contribution is -2.15. The van der Waals surface area contributed by atoms with E-state index in [0.717, 1.165) is 0 Å². The molecule has 1 heterocycles. The van der Waals surface area contributed by atoms with E-state index in [1.54, 1.807) is 12.1 Å². The number of carboxylic acids is 1. The summed E-state index contributed by atoms with van der Waals surface area (Å²) < 4.78 is 15.3. The Labute approximate surface area is 122 Å². The maximum atomic E-state index is 13.6. The number of hydrogen-bond donors (Lipinski definition) is 1. The van der Waals surface area contributed by atoms with Crippen molar-refractivity contribution in [1.82, 2.24) is 20.2 Å². The van der Waals surface area contributed by atoms with Crippen LogP contribution in [0, 0.1) is 5.82 Å². The Bertz CT molecular complexity index is 632. The van der Waals surface area contributed by atoms with Gasteiger partial charge in [0.25, 0.3) is 0 Å². The van der Waals surface area contributed by atoms with Crippen LogP contribution in [0.25, 0.3) is 11.4 Å². The second-order valence-electron chi connectivity index (χ2n) is 4.24. The molecule has 0 aliphatic heterocycles. The number of rotatable bonds is 5. The van der Waals surface area contributed by atoms with E-state index in [4.69, 9.17) is 5.11 Å². The van der Waals surface area contributed by atoms with Crippen molar-refractivity contribution >= 4 is 21.9 Å². The summed E-state index contributed by atoms with van der Waals surface area (Å²) in [6.45, 7) is 1.85. The lowest BCUT2D eigenvalue weighted by atomic mass is 10.1. The molecule has 1 aromatic heterocycles. The molecule has 1 unspecified atom stereocenters. The molecule has 0 bridgehead atoms. The van der Waals surface area contributed by atoms with Crippen molar-refractivity contribution in [2.45, 2.75) is 25.8 Å². The molecule has 0 fully saturated rings. The van der Waals surface area contributed by atoms with Gasteiger partial charge in [-0.15, -0.1) is 5.10 Å². The minimum atomic E-state index is -0.930. The van der Waals surface area contributed by atoms with Gasteiger partial charge in [0.2, 0.25) is 0 Å². The summed E-state index contributed by atoms with van der Waals surface area (Å²) in [6, 6.07) is 4.16. The summed E-state index contributed by atoms with van der Waals surface area (Å²) in [6.07, 6.45) is 0.469. The van der Waals surface area contributed by atoms with Gasteiger partial charge in [0, 0.05) is 5.56 Å². The number of nitrogens with zero attached hydrogens (tertiary/aromatic N) is 4. The highest BCUT2D eigenvalue weighted by Crippen LogP contribution is 2.26. The smallest absolute Gasteiger partial charge is 0.305 e. The van der Waals surface area contributed by atoms with E-state index in [-0.39, 0.29) is 12.5 Å². The number of halogens is 2. The number of benzene rings is 1. The molecule has 0 spiro atoms. The standard InChI is InChI=1S/C12H12BrFN4O2/c1-2-8(6-11(19)20)18-12(15-16-17-18)7-3-4-9(13)10(14)5-7/h3-5,8H,2,6H2,1H3,(H,19,20). The number of tetrazole rings is 1. The molecular weight excluding hydrogens is 331 g/mol. The van der Waals surface area contributed by atoms with Crippen LogP contribution in [0.1, 0.15) is 25.8 Å². The average molecular weight is 343 g/mol. The van der Waals surface area contributed by atoms with Crippen molar-refractivity contribution in [1.29, 1.82) is 0 Å². The van der Waals surface area contributed by atoms with E-state index in [9.17, 15) is 9.18 Å². The SMILES string of the molecule is CCC(CC(=O)O)n1nnnc1-c1ccc(Br)c(F)c1. The summed E-state index contributed by atoms with van der Waals surface area (Å²) >= 11 is 3.08. The third-order valence-electron chi connectivity index (χ3n) is 2.90. The van der Waals surface area contributed by atoms with Gasteiger partial charge < -0.3 is 5.11 Å². The summed E-state index contributed by atoms with van der Waals surface area (Å²) in [7, 11) is 0. The molecule has 6 nitrogen and oxygen atoms in total. The van der Waals surface area contributed by atoms with Gasteiger partial charge in [-0.1, -0.05) is 6.92 Å². The molecule has 0 radical (unpaired) electrons. The van der Waals surface area contributed by atoms with Gasteiger partial charge in [0.05, 0.1) is 16.9 Å². The zero-order valence-electron chi connectivity index (χ0n) is 10.6. The molecule has 106 valence electrons. The minimum Gasteiger partial charge on any atom is -0.481 e. The molecule has 2 aromatic rings. The molecule has 0 saturated carbocycles. The number of carbonyl (C=O) groups is 1. The van der Waals surface area contributed by atoms with E-state index in [1.807, 2.05) is 6.92 Å². The fourth-order valence-corrected chi connectivity index (χ4v) is 2.12. The Morgan fingerprint density at radius 3 is 2.90 bits per heavy atom. The van der Waals surface area contributed by atoms with Crippen molar-refractivity contribution in [3.8, 4) is 11.4 Å². The monoisotopic (exact) mass is 342 g/mol. The van der Waals surface area contributed by atoms with E-state index >= 15 is 0 Å². The number of aromatic nitrogens is 4. The molecule has 0 aliphatic carbocycles. The predicted octanol–water partition coefficient (Wildman–Crippen LogP) is 2.67. The molecule has 0 amide bonds. The quantitative estimate of drug-likeness (QED) is 0.903. The Hall–Kier alpha value is -1.83. The zero-order valence-corrected chi connectivity index (χ0v) is 12.2. The average Bonchev–Trinajstić information content (AvgIpc) is 2.88. The molecule has 20 heavy (non-hydrogen) atoms. The van der Waals surface area contributed by atoms with Crippen molar-refractivity contribution in [3.63, 3.8) is 0 Å². The summed E-state index contributed by atoms with van der Waals surface area (Å²) in [5.41, 5.74) is 0.500. The minimum absolute atomic E-state index is 0.0897. The zero-order chi connectivity index (χ0) is 14.7. The Morgan fingerprint density at radius 1 is 1.55 bits per heavy atom. The molecule has 2 rings (SSSR count). The normalized spacial score (nSPS) is 12.3. The van der Waals surface area contributed by atoms with Gasteiger partial charge in [-0.05, 0) is 51.0 Å². The third kappa shape index (κ3) is 3.01. The fraction of sp³-hybridized carbons (Fsp3) is 0.333. The lowest BCUT2D eigenvalue weighted by molar-refractivity contribution is -0.138. The summed E-state index contributed by atoms with van der Waals surface area (Å²) in [4.78, 5) is 10.9. The maximum absolute atomic E-state index is 13.6. The second kappa shape index (κ2) is 6.08. The van der Waals surface area contributed by atoms with Crippen LogP contribution in [0.2, 0.25) is 0 Å². The van der Waals surface area contributed by atoms with Crippen LogP contribution in [0.3, 0.4) is 0 Å². The fourth-order valence-electron chi connectivity index (χ4n) is 1.87. The molecule has 0 saturated heterocycles. The first kappa shape index (κ1) is 14.6. The molecule has 8 heteroatoms. The molecule has 0 aliphatic rings. The van der Waals surface area contributed by atoms with Gasteiger partial charge in [0.1, 0.15) is 5.82 Å². The van der Waals surface area contributed by atoms with E-state index < -0.39 is 11.8 Å². The second-order valence-corrected chi connectivity index (χ2v) is 5.09. The summed E-state index contributed by atoms with van der Waals surface area (Å²) in [5.74, 6) is -1.01. The highest BCUT2D eigenvalue weighted by molar-refractivity contribution is 9.10. The third-order valence-corrected chi connectivity index (χ3v) is 3.54. The highest BCUT2D eigenvalue weighted by atomic mass is 79.9. The van der Waals surface area contributed by atoms with E-state index in [2.05, 4.69) is 31.5 Å². The molecule has 1 aromatic carbocycles. The Morgan fingerprint density at radius 2 is 2.30 bits per heavy atom. The first-order valence-electron chi connectivity index (χ1n) is 5.98. The van der Waals surface area contributed by atoms with E-state index in [0.29, 0.717) is 22.3 Å². The number of hydrogen-bond acceptors (Lipinski definition) is 4. The van der Waals surface area contributed by atoms with Gasteiger partial charge in [-0.2, -0.15) is 0 Å². The van der Waals surface area contributed by atoms with Crippen LogP contribution in [-0.2, 0) is 4.79 Å². The van der Waals surface area contributed by atoms with Gasteiger partial charge >= 0.3 is 5.97 Å². The first-order valence-corrected chi connectivity index (χ1v) is 6.77. The van der Waals surface area contributed by atoms with Gasteiger partial charge in [0.15, 0.2) is 5.82 Å². The van der Waals surface area contributed by atoms with Crippen molar-refractivity contribution in [2.24, 2.45) is 0 Å². The maximum Gasteiger partial charge on any atom is 0.305 e. The van der Waals surface area contributed by atoms with Crippen LogP contribution < -0.4 is 0 Å². The largest absolute Gasteiger partial charge is 0.481 e. The topological polar surface area (TPSA) is 80.9 Å². The van der Waals surface area contributed by atoms with Gasteiger partial charge in [-0.3, -0.25) is 4.79 Å². The Balaban J connectivity index is 2.40. The van der Waals surface area contributed by atoms with E-state index in [1.165, 1.54) is 10.7 Å². The van der Waals surface area contributed by atoms with Crippen LogP contribution in [-0.4, -0.2) is 31.3 Å². The van der Waals surface area contributed by atoms with Gasteiger partial charge in [-0.25, -0.2) is 9.07 Å². The van der Waals surface area contributed by atoms with Crippen molar-refractivity contribution < 1.29 is 14.3 Å². The number of aliphatic carboxylic acids is 1.